The summed E-state index contributed by atoms with van der Waals surface area (Å²) >= 11 is 1.80. The molecular weight excluding hydrogens is 280 g/mol. The van der Waals surface area contributed by atoms with Crippen LogP contribution in [0.4, 0.5) is 5.69 Å². The Morgan fingerprint density at radius 3 is 2.58 bits per heavy atom. The molecule has 106 valence electrons. The number of nitrogens with zero attached hydrogens (tertiary/aromatic N) is 1. The van der Waals surface area contributed by atoms with Gasteiger partial charge in [0.2, 0.25) is 10.0 Å². The van der Waals surface area contributed by atoms with Crippen molar-refractivity contribution in [1.29, 1.82) is 0 Å². The molecule has 1 aromatic rings. The summed E-state index contributed by atoms with van der Waals surface area (Å²) in [6.45, 7) is 4.79. The molecule has 0 amide bonds. The van der Waals surface area contributed by atoms with Crippen LogP contribution in [-0.4, -0.2) is 37.3 Å². The highest BCUT2D eigenvalue weighted by atomic mass is 32.2. The normalized spacial score (nSPS) is 18.2. The maximum absolute atomic E-state index is 12.8. The lowest BCUT2D eigenvalue weighted by Gasteiger charge is -2.22. The lowest BCUT2D eigenvalue weighted by molar-refractivity contribution is 0.435. The Labute approximate surface area is 119 Å². The van der Waals surface area contributed by atoms with Crippen LogP contribution in [0.5, 0.6) is 0 Å². The third kappa shape index (κ3) is 2.90. The SMILES string of the molecule is Cc1ccc(C)c(S(=O)(=O)N2CCCSCC2)c1N. The molecule has 1 fully saturated rings. The summed E-state index contributed by atoms with van der Waals surface area (Å²) < 4.78 is 27.1. The number of hydrogen-bond acceptors (Lipinski definition) is 4. The van der Waals surface area contributed by atoms with Crippen molar-refractivity contribution in [3.05, 3.63) is 23.3 Å². The second-order valence-corrected chi connectivity index (χ2v) is 7.91. The highest BCUT2D eigenvalue weighted by Crippen LogP contribution is 2.29. The molecular formula is C13H20N2O2S2. The van der Waals surface area contributed by atoms with Crippen molar-refractivity contribution in [2.75, 3.05) is 30.3 Å². The second kappa shape index (κ2) is 5.73. The highest BCUT2D eigenvalue weighted by Gasteiger charge is 2.29. The van der Waals surface area contributed by atoms with E-state index >= 15 is 0 Å². The van der Waals surface area contributed by atoms with Gasteiger partial charge in [-0.15, -0.1) is 0 Å². The number of hydrogen-bond donors (Lipinski definition) is 1. The molecule has 0 spiro atoms. The Bertz CT molecular complexity index is 562. The Morgan fingerprint density at radius 1 is 1.16 bits per heavy atom. The molecule has 4 nitrogen and oxygen atoms in total. The van der Waals surface area contributed by atoms with Crippen LogP contribution in [0, 0.1) is 13.8 Å². The Hall–Kier alpha value is -0.720. The Balaban J connectivity index is 2.47. The number of thioether (sulfide) groups is 1. The van der Waals surface area contributed by atoms with E-state index in [1.807, 2.05) is 19.1 Å². The monoisotopic (exact) mass is 300 g/mol. The van der Waals surface area contributed by atoms with Crippen LogP contribution < -0.4 is 5.73 Å². The molecule has 1 aliphatic heterocycles. The van der Waals surface area contributed by atoms with E-state index in [1.165, 1.54) is 0 Å². The molecule has 0 saturated carbocycles. The van der Waals surface area contributed by atoms with Gasteiger partial charge in [0.05, 0.1) is 5.69 Å². The number of benzene rings is 1. The first-order valence-electron chi connectivity index (χ1n) is 6.38. The van der Waals surface area contributed by atoms with Crippen molar-refractivity contribution >= 4 is 27.5 Å². The minimum Gasteiger partial charge on any atom is -0.397 e. The van der Waals surface area contributed by atoms with Crippen molar-refractivity contribution < 1.29 is 8.42 Å². The zero-order valence-corrected chi connectivity index (χ0v) is 13.0. The van der Waals surface area contributed by atoms with E-state index in [0.717, 1.165) is 29.1 Å². The molecule has 0 aliphatic carbocycles. The standard InChI is InChI=1S/C13H20N2O2S2/c1-10-4-5-11(2)13(12(10)14)19(16,17)15-6-3-8-18-9-7-15/h4-5H,3,6-9,14H2,1-2H3. The summed E-state index contributed by atoms with van der Waals surface area (Å²) in [4.78, 5) is 0.291. The molecule has 0 radical (unpaired) electrons. The molecule has 2 N–H and O–H groups in total. The molecule has 0 unspecified atom stereocenters. The van der Waals surface area contributed by atoms with Gasteiger partial charge in [0.25, 0.3) is 0 Å². The molecule has 1 saturated heterocycles. The fourth-order valence-corrected chi connectivity index (χ4v) is 5.12. The van der Waals surface area contributed by atoms with Crippen LogP contribution in [0.25, 0.3) is 0 Å². The summed E-state index contributed by atoms with van der Waals surface area (Å²) in [5.41, 5.74) is 7.93. The van der Waals surface area contributed by atoms with Crippen molar-refractivity contribution in [3.8, 4) is 0 Å². The zero-order valence-electron chi connectivity index (χ0n) is 11.3. The predicted molar refractivity (Wildman–Crippen MR) is 81.0 cm³/mol. The first-order chi connectivity index (χ1) is 8.94. The molecule has 6 heteroatoms. The summed E-state index contributed by atoms with van der Waals surface area (Å²) in [6, 6.07) is 3.69. The number of rotatable bonds is 2. The topological polar surface area (TPSA) is 63.4 Å². The number of sulfonamides is 1. The highest BCUT2D eigenvalue weighted by molar-refractivity contribution is 7.99. The van der Waals surface area contributed by atoms with Crippen LogP contribution in [0.2, 0.25) is 0 Å². The number of aryl methyl sites for hydroxylation is 2. The van der Waals surface area contributed by atoms with Crippen LogP contribution in [0.15, 0.2) is 17.0 Å². The predicted octanol–water partition coefficient (Wildman–Crippen LogP) is 2.01. The number of nitrogen functional groups attached to an aromatic ring is 1. The van der Waals surface area contributed by atoms with E-state index < -0.39 is 10.0 Å². The number of anilines is 1. The molecule has 19 heavy (non-hydrogen) atoms. The lowest BCUT2D eigenvalue weighted by atomic mass is 10.1. The summed E-state index contributed by atoms with van der Waals surface area (Å²) in [7, 11) is -3.47. The average Bonchev–Trinajstić information content (AvgIpc) is 2.63. The van der Waals surface area contributed by atoms with Crippen LogP contribution in [0.3, 0.4) is 0 Å². The third-order valence-electron chi connectivity index (χ3n) is 3.39. The van der Waals surface area contributed by atoms with E-state index in [-0.39, 0.29) is 0 Å². The van der Waals surface area contributed by atoms with Crippen LogP contribution >= 0.6 is 11.8 Å². The third-order valence-corrected chi connectivity index (χ3v) is 6.54. The van der Waals surface area contributed by atoms with E-state index in [2.05, 4.69) is 0 Å². The molecule has 1 aromatic carbocycles. The molecule has 1 aliphatic rings. The van der Waals surface area contributed by atoms with E-state index in [4.69, 9.17) is 5.73 Å². The second-order valence-electron chi connectivity index (χ2n) is 4.81. The van der Waals surface area contributed by atoms with Gasteiger partial charge in [-0.2, -0.15) is 16.1 Å². The van der Waals surface area contributed by atoms with Crippen molar-refractivity contribution in [1.82, 2.24) is 4.31 Å². The largest absolute Gasteiger partial charge is 0.397 e. The maximum atomic E-state index is 12.8. The van der Waals surface area contributed by atoms with Gasteiger partial charge in [-0.25, -0.2) is 8.42 Å². The van der Waals surface area contributed by atoms with Gasteiger partial charge < -0.3 is 5.73 Å². The van der Waals surface area contributed by atoms with E-state index in [1.54, 1.807) is 23.0 Å². The van der Waals surface area contributed by atoms with Gasteiger partial charge in [-0.1, -0.05) is 12.1 Å². The van der Waals surface area contributed by atoms with Gasteiger partial charge in [-0.3, -0.25) is 0 Å². The molecule has 0 aromatic heterocycles. The Kier molecular flexibility index (Phi) is 4.43. The van der Waals surface area contributed by atoms with Gasteiger partial charge in [0.15, 0.2) is 0 Å². The minimum atomic E-state index is -3.47. The van der Waals surface area contributed by atoms with Crippen molar-refractivity contribution in [2.24, 2.45) is 0 Å². The summed E-state index contributed by atoms with van der Waals surface area (Å²) in [6.07, 6.45) is 0.897. The Morgan fingerprint density at radius 2 is 1.84 bits per heavy atom. The van der Waals surface area contributed by atoms with Gasteiger partial charge in [0.1, 0.15) is 4.90 Å². The quantitative estimate of drug-likeness (QED) is 0.849. The van der Waals surface area contributed by atoms with Gasteiger partial charge in [0, 0.05) is 18.8 Å². The summed E-state index contributed by atoms with van der Waals surface area (Å²) in [5.74, 6) is 1.87. The van der Waals surface area contributed by atoms with Crippen molar-refractivity contribution in [2.45, 2.75) is 25.2 Å². The minimum absolute atomic E-state index is 0.291. The maximum Gasteiger partial charge on any atom is 0.245 e. The lowest BCUT2D eigenvalue weighted by Crippen LogP contribution is -2.34. The zero-order chi connectivity index (χ0) is 14.0. The molecule has 2 rings (SSSR count). The van der Waals surface area contributed by atoms with Gasteiger partial charge >= 0.3 is 0 Å². The van der Waals surface area contributed by atoms with E-state index in [9.17, 15) is 8.42 Å². The first kappa shape index (κ1) is 14.7. The van der Waals surface area contributed by atoms with Gasteiger partial charge in [-0.05, 0) is 37.1 Å². The fourth-order valence-electron chi connectivity index (χ4n) is 2.24. The summed E-state index contributed by atoms with van der Waals surface area (Å²) in [5, 5.41) is 0. The smallest absolute Gasteiger partial charge is 0.245 e. The fraction of sp³-hybridized carbons (Fsp3) is 0.538. The molecule has 0 bridgehead atoms. The molecule has 1 heterocycles. The van der Waals surface area contributed by atoms with Crippen LogP contribution in [0.1, 0.15) is 17.5 Å². The van der Waals surface area contributed by atoms with Crippen LogP contribution in [-0.2, 0) is 10.0 Å². The van der Waals surface area contributed by atoms with E-state index in [0.29, 0.717) is 23.7 Å². The van der Waals surface area contributed by atoms with Crippen molar-refractivity contribution in [3.63, 3.8) is 0 Å². The number of nitrogens with two attached hydrogens (primary N) is 1. The first-order valence-corrected chi connectivity index (χ1v) is 8.97. The average molecular weight is 300 g/mol. The molecule has 0 atom stereocenters.